The Morgan fingerprint density at radius 3 is 2.52 bits per heavy atom. The van der Waals surface area contributed by atoms with Gasteiger partial charge in [0.15, 0.2) is 0 Å². The van der Waals surface area contributed by atoms with Crippen LogP contribution in [0.1, 0.15) is 17.9 Å². The number of aliphatic carboxylic acids is 1. The van der Waals surface area contributed by atoms with Gasteiger partial charge in [0, 0.05) is 29.7 Å². The summed E-state index contributed by atoms with van der Waals surface area (Å²) in [4.78, 5) is 25.1. The zero-order valence-electron chi connectivity index (χ0n) is 13.6. The third kappa shape index (κ3) is 2.87. The van der Waals surface area contributed by atoms with E-state index < -0.39 is 5.97 Å². The number of rotatable bonds is 5. The van der Waals surface area contributed by atoms with E-state index in [0.29, 0.717) is 6.54 Å². The van der Waals surface area contributed by atoms with Gasteiger partial charge in [0.2, 0.25) is 0 Å². The maximum absolute atomic E-state index is 12.9. The number of para-hydroxylation sites is 2. The quantitative estimate of drug-likeness (QED) is 0.764. The Bertz CT molecular complexity index is 1010. The largest absolute Gasteiger partial charge is 0.481 e. The molecule has 25 heavy (non-hydrogen) atoms. The molecule has 3 aromatic rings. The van der Waals surface area contributed by atoms with Gasteiger partial charge >= 0.3 is 11.7 Å². The SMILES string of the molecule is O=C(O)CCn1c(=O)n(CC2CSc3ccccc32)c2ccccc21. The Morgan fingerprint density at radius 2 is 1.76 bits per heavy atom. The first-order valence-corrected chi connectivity index (χ1v) is 9.25. The van der Waals surface area contributed by atoms with Crippen molar-refractivity contribution < 1.29 is 9.90 Å². The zero-order chi connectivity index (χ0) is 17.4. The molecule has 0 spiro atoms. The minimum absolute atomic E-state index is 0.0595. The van der Waals surface area contributed by atoms with E-state index in [0.717, 1.165) is 16.8 Å². The molecule has 1 N–H and O–H groups in total. The Morgan fingerprint density at radius 1 is 1.08 bits per heavy atom. The number of benzene rings is 2. The minimum Gasteiger partial charge on any atom is -0.481 e. The van der Waals surface area contributed by atoms with Crippen LogP contribution in [0.25, 0.3) is 11.0 Å². The molecule has 2 heterocycles. The van der Waals surface area contributed by atoms with E-state index in [1.54, 1.807) is 9.13 Å². The summed E-state index contributed by atoms with van der Waals surface area (Å²) < 4.78 is 3.38. The van der Waals surface area contributed by atoms with Crippen molar-refractivity contribution in [1.82, 2.24) is 9.13 Å². The number of carbonyl (C=O) groups is 1. The van der Waals surface area contributed by atoms with Crippen molar-refractivity contribution in [2.24, 2.45) is 0 Å². The number of nitrogens with zero attached hydrogens (tertiary/aromatic N) is 2. The van der Waals surface area contributed by atoms with Crippen molar-refractivity contribution in [3.63, 3.8) is 0 Å². The summed E-state index contributed by atoms with van der Waals surface area (Å²) in [6, 6.07) is 15.9. The minimum atomic E-state index is -0.898. The fourth-order valence-corrected chi connectivity index (χ4v) is 4.72. The van der Waals surface area contributed by atoms with E-state index >= 15 is 0 Å². The first-order valence-electron chi connectivity index (χ1n) is 8.26. The van der Waals surface area contributed by atoms with Crippen LogP contribution in [-0.4, -0.2) is 26.0 Å². The summed E-state index contributed by atoms with van der Waals surface area (Å²) in [6.45, 7) is 0.807. The standard InChI is InChI=1S/C19H18N2O3S/c22-18(23)9-10-20-15-6-2-3-7-16(15)21(19(20)24)11-13-12-25-17-8-4-1-5-14(13)17/h1-8,13H,9-12H2,(H,22,23). The Hall–Kier alpha value is -2.47. The third-order valence-corrected chi connectivity index (χ3v) is 5.93. The second-order valence-electron chi connectivity index (χ2n) is 6.22. The van der Waals surface area contributed by atoms with Crippen molar-refractivity contribution >= 4 is 28.8 Å². The predicted molar refractivity (Wildman–Crippen MR) is 98.4 cm³/mol. The number of aromatic nitrogens is 2. The van der Waals surface area contributed by atoms with Gasteiger partial charge in [-0.25, -0.2) is 4.79 Å². The van der Waals surface area contributed by atoms with Gasteiger partial charge in [-0.2, -0.15) is 0 Å². The van der Waals surface area contributed by atoms with Crippen LogP contribution in [0.5, 0.6) is 0 Å². The van der Waals surface area contributed by atoms with Crippen LogP contribution in [0, 0.1) is 0 Å². The molecule has 5 nitrogen and oxygen atoms in total. The average Bonchev–Trinajstić information content (AvgIpc) is 3.14. The van der Waals surface area contributed by atoms with E-state index in [-0.39, 0.29) is 24.6 Å². The van der Waals surface area contributed by atoms with E-state index in [4.69, 9.17) is 5.11 Å². The van der Waals surface area contributed by atoms with Crippen LogP contribution in [-0.2, 0) is 17.9 Å². The van der Waals surface area contributed by atoms with Crippen molar-refractivity contribution in [2.45, 2.75) is 30.3 Å². The Balaban J connectivity index is 1.74. The van der Waals surface area contributed by atoms with E-state index in [1.165, 1.54) is 10.5 Å². The van der Waals surface area contributed by atoms with Gasteiger partial charge in [-0.15, -0.1) is 11.8 Å². The molecule has 1 aliphatic rings. The molecule has 0 saturated heterocycles. The zero-order valence-corrected chi connectivity index (χ0v) is 14.4. The molecule has 6 heteroatoms. The normalized spacial score (nSPS) is 16.2. The van der Waals surface area contributed by atoms with E-state index in [9.17, 15) is 9.59 Å². The third-order valence-electron chi connectivity index (χ3n) is 4.68. The highest BCUT2D eigenvalue weighted by atomic mass is 32.2. The highest BCUT2D eigenvalue weighted by Crippen LogP contribution is 2.40. The lowest BCUT2D eigenvalue weighted by molar-refractivity contribution is -0.137. The molecule has 0 saturated carbocycles. The molecule has 4 rings (SSSR count). The summed E-state index contributed by atoms with van der Waals surface area (Å²) in [5, 5.41) is 8.96. The van der Waals surface area contributed by atoms with Crippen molar-refractivity contribution in [1.29, 1.82) is 0 Å². The number of hydrogen-bond donors (Lipinski definition) is 1. The summed E-state index contributed by atoms with van der Waals surface area (Å²) >= 11 is 1.83. The molecule has 1 unspecified atom stereocenters. The van der Waals surface area contributed by atoms with E-state index in [1.807, 2.05) is 48.2 Å². The topological polar surface area (TPSA) is 64.2 Å². The highest BCUT2D eigenvalue weighted by molar-refractivity contribution is 7.99. The van der Waals surface area contributed by atoms with Crippen LogP contribution >= 0.6 is 11.8 Å². The number of carboxylic acid groups (broad SMARTS) is 1. The first-order chi connectivity index (χ1) is 12.1. The number of fused-ring (bicyclic) bond motifs is 2. The van der Waals surface area contributed by atoms with Gasteiger partial charge in [0.05, 0.1) is 17.5 Å². The molecule has 1 aliphatic heterocycles. The lowest BCUT2D eigenvalue weighted by Gasteiger charge is -2.11. The second kappa shape index (κ2) is 6.44. The van der Waals surface area contributed by atoms with Gasteiger partial charge < -0.3 is 5.11 Å². The number of hydrogen-bond acceptors (Lipinski definition) is 3. The maximum atomic E-state index is 12.9. The van der Waals surface area contributed by atoms with Gasteiger partial charge in [-0.1, -0.05) is 30.3 Å². The molecule has 1 atom stereocenters. The van der Waals surface area contributed by atoms with Crippen LogP contribution in [0.15, 0.2) is 58.2 Å². The first kappa shape index (κ1) is 16.0. The van der Waals surface area contributed by atoms with Gasteiger partial charge in [0.25, 0.3) is 0 Å². The fraction of sp³-hybridized carbons (Fsp3) is 0.263. The molecule has 0 aliphatic carbocycles. The molecule has 1 aromatic heterocycles. The lowest BCUT2D eigenvalue weighted by atomic mass is 10.0. The highest BCUT2D eigenvalue weighted by Gasteiger charge is 2.25. The van der Waals surface area contributed by atoms with Crippen molar-refractivity contribution in [2.75, 3.05) is 5.75 Å². The molecule has 0 radical (unpaired) electrons. The summed E-state index contributed by atoms with van der Waals surface area (Å²) in [6.07, 6.45) is -0.0595. The van der Waals surface area contributed by atoms with Gasteiger partial charge in [0.1, 0.15) is 0 Å². The van der Waals surface area contributed by atoms with Crippen molar-refractivity contribution in [3.8, 4) is 0 Å². The fourth-order valence-electron chi connectivity index (χ4n) is 3.47. The Kier molecular flexibility index (Phi) is 4.13. The number of imidazole rings is 1. The molecule has 2 aromatic carbocycles. The van der Waals surface area contributed by atoms with Crippen LogP contribution in [0.3, 0.4) is 0 Å². The Labute approximate surface area is 148 Å². The summed E-state index contributed by atoms with van der Waals surface area (Å²) in [5.74, 6) is 0.350. The summed E-state index contributed by atoms with van der Waals surface area (Å²) in [5.41, 5.74) is 2.83. The molecule has 0 amide bonds. The molecular weight excluding hydrogens is 336 g/mol. The van der Waals surface area contributed by atoms with Crippen LogP contribution < -0.4 is 5.69 Å². The predicted octanol–water partition coefficient (Wildman–Crippen LogP) is 3.17. The smallest absolute Gasteiger partial charge is 0.329 e. The lowest BCUT2D eigenvalue weighted by Crippen LogP contribution is -2.27. The number of aryl methyl sites for hydroxylation is 1. The molecule has 0 bridgehead atoms. The summed E-state index contributed by atoms with van der Waals surface area (Å²) in [7, 11) is 0. The average molecular weight is 354 g/mol. The van der Waals surface area contributed by atoms with Gasteiger partial charge in [-0.05, 0) is 23.8 Å². The van der Waals surface area contributed by atoms with Crippen LogP contribution in [0.4, 0.5) is 0 Å². The van der Waals surface area contributed by atoms with E-state index in [2.05, 4.69) is 12.1 Å². The van der Waals surface area contributed by atoms with Crippen molar-refractivity contribution in [3.05, 3.63) is 64.6 Å². The second-order valence-corrected chi connectivity index (χ2v) is 7.28. The molecule has 128 valence electrons. The molecule has 0 fully saturated rings. The molecular formula is C19H18N2O3S. The van der Waals surface area contributed by atoms with Crippen LogP contribution in [0.2, 0.25) is 0 Å². The number of thioether (sulfide) groups is 1. The maximum Gasteiger partial charge on any atom is 0.329 e. The van der Waals surface area contributed by atoms with Gasteiger partial charge in [-0.3, -0.25) is 13.9 Å². The monoisotopic (exact) mass is 354 g/mol. The number of carboxylic acids is 1.